The number of amides is 1. The van der Waals surface area contributed by atoms with Gasteiger partial charge in [0.25, 0.3) is 5.91 Å². The predicted octanol–water partition coefficient (Wildman–Crippen LogP) is 6.71. The summed E-state index contributed by atoms with van der Waals surface area (Å²) < 4.78 is 0. The van der Waals surface area contributed by atoms with Gasteiger partial charge in [-0.1, -0.05) is 52.0 Å². The van der Waals surface area contributed by atoms with Crippen molar-refractivity contribution in [3.8, 4) is 0 Å². The molecule has 0 atom stereocenters. The van der Waals surface area contributed by atoms with E-state index in [1.165, 1.54) is 23.3 Å². The minimum absolute atomic E-state index is 0.00942. The van der Waals surface area contributed by atoms with E-state index >= 15 is 0 Å². The largest absolute Gasteiger partial charge is 0.478 e. The number of fused-ring (bicyclic) bond motifs is 1. The number of hydrogen-bond acceptors (Lipinski definition) is 2. The second-order valence-corrected chi connectivity index (χ2v) is 9.86. The molecule has 1 aliphatic carbocycles. The summed E-state index contributed by atoms with van der Waals surface area (Å²) in [6.45, 7) is 9.07. The zero-order chi connectivity index (χ0) is 23.1. The fourth-order valence-corrected chi connectivity index (χ4v) is 4.56. The highest BCUT2D eigenvalue weighted by atomic mass is 16.4. The molecule has 3 aromatic carbocycles. The van der Waals surface area contributed by atoms with Crippen LogP contribution < -0.4 is 4.90 Å². The third kappa shape index (κ3) is 3.93. The van der Waals surface area contributed by atoms with E-state index in [0.717, 1.165) is 18.5 Å². The van der Waals surface area contributed by atoms with Gasteiger partial charge in [-0.05, 0) is 83.3 Å². The fraction of sp³-hybridized carbons (Fsp3) is 0.286. The van der Waals surface area contributed by atoms with Gasteiger partial charge in [0.15, 0.2) is 0 Å². The third-order valence-electron chi connectivity index (χ3n) is 6.69. The Kier molecular flexibility index (Phi) is 5.41. The van der Waals surface area contributed by atoms with Gasteiger partial charge in [0, 0.05) is 16.9 Å². The summed E-state index contributed by atoms with van der Waals surface area (Å²) in [6, 6.07) is 21.9. The Bertz CT molecular complexity index is 1160. The van der Waals surface area contributed by atoms with Crippen molar-refractivity contribution in [2.45, 2.75) is 51.4 Å². The molecule has 0 bridgehead atoms. The van der Waals surface area contributed by atoms with Crippen LogP contribution in [0.2, 0.25) is 0 Å². The van der Waals surface area contributed by atoms with Crippen LogP contribution in [0.15, 0.2) is 72.8 Å². The molecule has 0 saturated carbocycles. The molecule has 4 rings (SSSR count). The lowest BCUT2D eigenvalue weighted by molar-refractivity contribution is 0.0696. The quantitative estimate of drug-likeness (QED) is 0.503. The number of carbonyl (C=O) groups is 2. The lowest BCUT2D eigenvalue weighted by Crippen LogP contribution is -2.34. The van der Waals surface area contributed by atoms with Gasteiger partial charge >= 0.3 is 5.97 Å². The molecular weight excluding hydrogens is 398 g/mol. The van der Waals surface area contributed by atoms with Crippen molar-refractivity contribution in [1.29, 1.82) is 0 Å². The van der Waals surface area contributed by atoms with Crippen LogP contribution in [-0.4, -0.2) is 17.0 Å². The van der Waals surface area contributed by atoms with E-state index in [4.69, 9.17) is 0 Å². The average Bonchev–Trinajstić information content (AvgIpc) is 2.78. The van der Waals surface area contributed by atoms with Crippen LogP contribution in [0.25, 0.3) is 0 Å². The minimum Gasteiger partial charge on any atom is -0.478 e. The lowest BCUT2D eigenvalue weighted by Gasteiger charge is -2.42. The molecule has 0 saturated heterocycles. The first kappa shape index (κ1) is 21.8. The number of rotatable bonds is 4. The normalized spacial score (nSPS) is 16.1. The molecule has 0 spiro atoms. The Balaban J connectivity index is 1.87. The molecule has 0 radical (unpaired) electrons. The smallest absolute Gasteiger partial charge is 0.335 e. The first-order chi connectivity index (χ1) is 15.1. The van der Waals surface area contributed by atoms with E-state index in [1.54, 1.807) is 29.2 Å². The average molecular weight is 428 g/mol. The molecule has 0 fully saturated rings. The standard InChI is InChI=1S/C28H29NO3/c1-27(2)16-17-28(3,4)24-18-22(14-15-23(24)27)29(25(30)19-8-6-5-7-9-19)21-12-10-20(11-13-21)26(31)32/h5-15,18H,16-17H2,1-4H3,(H,31,32). The van der Waals surface area contributed by atoms with Crippen LogP contribution >= 0.6 is 0 Å². The van der Waals surface area contributed by atoms with Crippen molar-refractivity contribution < 1.29 is 14.7 Å². The van der Waals surface area contributed by atoms with Crippen molar-refractivity contribution in [3.05, 3.63) is 95.1 Å². The van der Waals surface area contributed by atoms with Crippen LogP contribution in [-0.2, 0) is 10.8 Å². The number of carboxylic acid groups (broad SMARTS) is 1. The number of carboxylic acids is 1. The van der Waals surface area contributed by atoms with Gasteiger partial charge < -0.3 is 5.11 Å². The van der Waals surface area contributed by atoms with Gasteiger partial charge in [-0.25, -0.2) is 4.79 Å². The third-order valence-corrected chi connectivity index (χ3v) is 6.69. The molecule has 1 N–H and O–H groups in total. The summed E-state index contributed by atoms with van der Waals surface area (Å²) in [4.78, 5) is 26.6. The summed E-state index contributed by atoms with van der Waals surface area (Å²) in [5.74, 6) is -1.14. The maximum Gasteiger partial charge on any atom is 0.335 e. The highest BCUT2D eigenvalue weighted by Gasteiger charge is 2.37. The second-order valence-electron chi connectivity index (χ2n) is 9.86. The van der Waals surface area contributed by atoms with Crippen LogP contribution in [0.5, 0.6) is 0 Å². The number of aromatic carboxylic acids is 1. The Morgan fingerprint density at radius 3 is 1.88 bits per heavy atom. The number of hydrogen-bond donors (Lipinski definition) is 1. The van der Waals surface area contributed by atoms with Crippen molar-refractivity contribution in [2.75, 3.05) is 4.90 Å². The fourth-order valence-electron chi connectivity index (χ4n) is 4.56. The maximum atomic E-state index is 13.6. The number of anilines is 2. The minimum atomic E-state index is -0.991. The van der Waals surface area contributed by atoms with Crippen LogP contribution in [0, 0.1) is 0 Å². The molecule has 0 unspecified atom stereocenters. The molecule has 164 valence electrons. The van der Waals surface area contributed by atoms with Gasteiger partial charge in [0.05, 0.1) is 5.56 Å². The summed E-state index contributed by atoms with van der Waals surface area (Å²) in [6.07, 6.45) is 2.20. The number of nitrogens with zero attached hydrogens (tertiary/aromatic N) is 1. The highest BCUT2D eigenvalue weighted by Crippen LogP contribution is 2.47. The highest BCUT2D eigenvalue weighted by molar-refractivity contribution is 6.11. The Morgan fingerprint density at radius 2 is 1.28 bits per heavy atom. The number of benzene rings is 3. The molecule has 32 heavy (non-hydrogen) atoms. The van der Waals surface area contributed by atoms with E-state index in [0.29, 0.717) is 11.3 Å². The van der Waals surface area contributed by atoms with Crippen LogP contribution in [0.4, 0.5) is 11.4 Å². The molecule has 0 aliphatic heterocycles. The van der Waals surface area contributed by atoms with Crippen molar-refractivity contribution in [3.63, 3.8) is 0 Å². The molecule has 1 amide bonds. The van der Waals surface area contributed by atoms with E-state index in [-0.39, 0.29) is 22.3 Å². The number of carbonyl (C=O) groups excluding carboxylic acids is 1. The summed E-state index contributed by atoms with van der Waals surface area (Å²) in [5, 5.41) is 9.28. The molecule has 3 aromatic rings. The Labute approximate surface area is 189 Å². The van der Waals surface area contributed by atoms with E-state index in [1.807, 2.05) is 24.3 Å². The van der Waals surface area contributed by atoms with Crippen LogP contribution in [0.3, 0.4) is 0 Å². The Hall–Kier alpha value is -3.40. The summed E-state index contributed by atoms with van der Waals surface area (Å²) in [5.41, 5.74) is 4.87. The summed E-state index contributed by atoms with van der Waals surface area (Å²) in [7, 11) is 0. The van der Waals surface area contributed by atoms with E-state index < -0.39 is 5.97 Å². The van der Waals surface area contributed by atoms with E-state index in [2.05, 4.69) is 39.8 Å². The lowest BCUT2D eigenvalue weighted by atomic mass is 9.63. The van der Waals surface area contributed by atoms with Gasteiger partial charge in [-0.2, -0.15) is 0 Å². The van der Waals surface area contributed by atoms with Gasteiger partial charge in [-0.3, -0.25) is 9.69 Å². The van der Waals surface area contributed by atoms with Gasteiger partial charge in [0.1, 0.15) is 0 Å². The van der Waals surface area contributed by atoms with Crippen molar-refractivity contribution >= 4 is 23.3 Å². The zero-order valence-electron chi connectivity index (χ0n) is 19.1. The van der Waals surface area contributed by atoms with Crippen LogP contribution in [0.1, 0.15) is 72.4 Å². The van der Waals surface area contributed by atoms with Crippen molar-refractivity contribution in [2.24, 2.45) is 0 Å². The predicted molar refractivity (Wildman–Crippen MR) is 128 cm³/mol. The molecule has 0 aromatic heterocycles. The molecule has 4 nitrogen and oxygen atoms in total. The van der Waals surface area contributed by atoms with E-state index in [9.17, 15) is 14.7 Å². The van der Waals surface area contributed by atoms with Gasteiger partial charge in [-0.15, -0.1) is 0 Å². The van der Waals surface area contributed by atoms with Gasteiger partial charge in [0.2, 0.25) is 0 Å². The maximum absolute atomic E-state index is 13.6. The first-order valence-electron chi connectivity index (χ1n) is 11.0. The summed E-state index contributed by atoms with van der Waals surface area (Å²) >= 11 is 0. The monoisotopic (exact) mass is 427 g/mol. The molecule has 1 aliphatic rings. The zero-order valence-corrected chi connectivity index (χ0v) is 19.1. The first-order valence-corrected chi connectivity index (χ1v) is 11.0. The Morgan fingerprint density at radius 1 is 0.719 bits per heavy atom. The van der Waals surface area contributed by atoms with Crippen molar-refractivity contribution in [1.82, 2.24) is 0 Å². The molecular formula is C28H29NO3. The second kappa shape index (κ2) is 7.94. The SMILES string of the molecule is CC1(C)CCC(C)(C)c2cc(N(C(=O)c3ccccc3)c3ccc(C(=O)O)cc3)ccc21. The molecule has 0 heterocycles. The topological polar surface area (TPSA) is 57.6 Å². The molecule has 4 heteroatoms.